The lowest BCUT2D eigenvalue weighted by Gasteiger charge is -2.10. The molecule has 1 aromatic heterocycles. The quantitative estimate of drug-likeness (QED) is 0.599. The van der Waals surface area contributed by atoms with Crippen molar-refractivity contribution in [3.8, 4) is 6.07 Å². The van der Waals surface area contributed by atoms with Crippen LogP contribution >= 0.6 is 0 Å². The highest BCUT2D eigenvalue weighted by Gasteiger charge is 2.35. The number of rotatable bonds is 2. The highest BCUT2D eigenvalue weighted by atomic mass is 19.4. The third-order valence-electron chi connectivity index (χ3n) is 1.81. The minimum Gasteiger partial charge on any atom is -0.298 e. The monoisotopic (exact) mass is 250 g/mol. The van der Waals surface area contributed by atoms with Crippen molar-refractivity contribution < 1.29 is 26.7 Å². The Morgan fingerprint density at radius 1 is 1.41 bits per heavy atom. The molecule has 0 aliphatic heterocycles. The van der Waals surface area contributed by atoms with Crippen molar-refractivity contribution in [2.75, 3.05) is 0 Å². The van der Waals surface area contributed by atoms with E-state index in [1.54, 1.807) is 0 Å². The van der Waals surface area contributed by atoms with E-state index in [0.29, 0.717) is 0 Å². The molecule has 0 bridgehead atoms. The number of halogens is 5. The third kappa shape index (κ3) is 2.55. The third-order valence-corrected chi connectivity index (χ3v) is 1.81. The second-order valence-corrected chi connectivity index (χ2v) is 2.89. The van der Waals surface area contributed by atoms with Crippen LogP contribution in [0.3, 0.4) is 0 Å². The maximum Gasteiger partial charge on any atom is 0.433 e. The van der Waals surface area contributed by atoms with Gasteiger partial charge >= 0.3 is 6.18 Å². The highest BCUT2D eigenvalue weighted by Crippen LogP contribution is 2.32. The average Bonchev–Trinajstić information content (AvgIpc) is 2.25. The summed E-state index contributed by atoms with van der Waals surface area (Å²) in [4.78, 5) is 13.1. The fourth-order valence-electron chi connectivity index (χ4n) is 1.10. The van der Waals surface area contributed by atoms with Crippen LogP contribution < -0.4 is 0 Å². The number of hydrogen-bond acceptors (Lipinski definition) is 3. The second kappa shape index (κ2) is 4.45. The molecule has 0 radical (unpaired) electrons. The van der Waals surface area contributed by atoms with Gasteiger partial charge in [0.25, 0.3) is 6.43 Å². The Morgan fingerprint density at radius 2 is 2.00 bits per heavy atom. The highest BCUT2D eigenvalue weighted by molar-refractivity contribution is 5.79. The van der Waals surface area contributed by atoms with Crippen molar-refractivity contribution >= 4 is 6.29 Å². The number of carbonyl (C=O) groups excluding carboxylic acids is 1. The summed E-state index contributed by atoms with van der Waals surface area (Å²) in [7, 11) is 0. The van der Waals surface area contributed by atoms with Crippen molar-refractivity contribution in [2.24, 2.45) is 0 Å². The van der Waals surface area contributed by atoms with E-state index in [0.717, 1.165) is 0 Å². The standard InChI is InChI=1S/C9H3F5N2O/c10-8(11)7-5(2-15)4(3-17)1-6(16-7)9(12,13)14/h1,3,8H. The fourth-order valence-corrected chi connectivity index (χ4v) is 1.10. The lowest BCUT2D eigenvalue weighted by molar-refractivity contribution is -0.141. The first-order valence-corrected chi connectivity index (χ1v) is 4.06. The van der Waals surface area contributed by atoms with Crippen molar-refractivity contribution in [3.63, 3.8) is 0 Å². The zero-order valence-corrected chi connectivity index (χ0v) is 7.92. The molecule has 17 heavy (non-hydrogen) atoms. The lowest BCUT2D eigenvalue weighted by atomic mass is 10.1. The van der Waals surface area contributed by atoms with Gasteiger partial charge in [-0.05, 0) is 6.07 Å². The molecule has 3 nitrogen and oxygen atoms in total. The van der Waals surface area contributed by atoms with Gasteiger partial charge in [0.05, 0.1) is 5.56 Å². The molecule has 0 aliphatic carbocycles. The van der Waals surface area contributed by atoms with E-state index in [2.05, 4.69) is 4.98 Å². The minimum atomic E-state index is -4.96. The Bertz CT molecular complexity index is 489. The zero-order chi connectivity index (χ0) is 13.2. The summed E-state index contributed by atoms with van der Waals surface area (Å²) < 4.78 is 61.6. The van der Waals surface area contributed by atoms with E-state index >= 15 is 0 Å². The Hall–Kier alpha value is -2.04. The first-order valence-electron chi connectivity index (χ1n) is 4.06. The predicted molar refractivity (Wildman–Crippen MR) is 44.3 cm³/mol. The van der Waals surface area contributed by atoms with Crippen LogP contribution in [0, 0.1) is 11.3 Å². The minimum absolute atomic E-state index is 0.0959. The van der Waals surface area contributed by atoms with Crippen LogP contribution in [0.15, 0.2) is 6.07 Å². The number of pyridine rings is 1. The molecular weight excluding hydrogens is 247 g/mol. The Labute approximate surface area is 91.5 Å². The number of carbonyl (C=O) groups is 1. The molecule has 1 aromatic rings. The Balaban J connectivity index is 3.58. The van der Waals surface area contributed by atoms with Gasteiger partial charge in [-0.2, -0.15) is 18.4 Å². The second-order valence-electron chi connectivity index (χ2n) is 2.89. The zero-order valence-electron chi connectivity index (χ0n) is 7.92. The van der Waals surface area contributed by atoms with E-state index in [9.17, 15) is 26.7 Å². The van der Waals surface area contributed by atoms with Crippen molar-refractivity contribution in [2.45, 2.75) is 12.6 Å². The summed E-state index contributed by atoms with van der Waals surface area (Å²) in [6.07, 6.45) is -8.43. The van der Waals surface area contributed by atoms with Gasteiger partial charge in [0.15, 0.2) is 6.29 Å². The summed E-state index contributed by atoms with van der Waals surface area (Å²) in [5.74, 6) is 0. The molecule has 1 heterocycles. The van der Waals surface area contributed by atoms with Gasteiger partial charge < -0.3 is 0 Å². The number of nitrogens with zero attached hydrogens (tertiary/aromatic N) is 2. The topological polar surface area (TPSA) is 53.8 Å². The van der Waals surface area contributed by atoms with Crippen LogP contribution in [0.5, 0.6) is 0 Å². The average molecular weight is 250 g/mol. The Kier molecular flexibility index (Phi) is 3.41. The van der Waals surface area contributed by atoms with E-state index in [-0.39, 0.29) is 12.4 Å². The maximum absolute atomic E-state index is 12.4. The number of aromatic nitrogens is 1. The summed E-state index contributed by atoms with van der Waals surface area (Å²) in [6, 6.07) is 1.50. The van der Waals surface area contributed by atoms with E-state index in [1.165, 1.54) is 6.07 Å². The van der Waals surface area contributed by atoms with Crippen LogP contribution in [-0.2, 0) is 6.18 Å². The number of nitriles is 1. The van der Waals surface area contributed by atoms with Crippen LogP contribution in [0.2, 0.25) is 0 Å². The SMILES string of the molecule is N#Cc1c(C=O)cc(C(F)(F)F)nc1C(F)F. The number of hydrogen-bond donors (Lipinski definition) is 0. The van der Waals surface area contributed by atoms with Crippen molar-refractivity contribution in [3.05, 3.63) is 28.6 Å². The summed E-state index contributed by atoms with van der Waals surface area (Å²) >= 11 is 0. The molecule has 0 aromatic carbocycles. The molecule has 0 aliphatic rings. The van der Waals surface area contributed by atoms with Crippen LogP contribution in [0.4, 0.5) is 22.0 Å². The molecule has 0 N–H and O–H groups in total. The van der Waals surface area contributed by atoms with Gasteiger partial charge in [0, 0.05) is 5.56 Å². The summed E-state index contributed by atoms with van der Waals surface area (Å²) in [6.45, 7) is 0. The first kappa shape index (κ1) is 13.0. The maximum atomic E-state index is 12.4. The van der Waals surface area contributed by atoms with Crippen LogP contribution in [-0.4, -0.2) is 11.3 Å². The van der Waals surface area contributed by atoms with Gasteiger partial charge in [-0.15, -0.1) is 0 Å². The normalized spacial score (nSPS) is 11.4. The molecule has 0 unspecified atom stereocenters. The lowest BCUT2D eigenvalue weighted by Crippen LogP contribution is -2.13. The summed E-state index contributed by atoms with van der Waals surface area (Å²) in [5.41, 5.74) is -4.58. The molecular formula is C9H3F5N2O. The largest absolute Gasteiger partial charge is 0.433 e. The van der Waals surface area contributed by atoms with Gasteiger partial charge in [-0.1, -0.05) is 0 Å². The smallest absolute Gasteiger partial charge is 0.298 e. The number of aldehydes is 1. The predicted octanol–water partition coefficient (Wildman–Crippen LogP) is 2.72. The van der Waals surface area contributed by atoms with Gasteiger partial charge in [0.2, 0.25) is 0 Å². The molecule has 8 heteroatoms. The van der Waals surface area contributed by atoms with Crippen molar-refractivity contribution in [1.29, 1.82) is 5.26 Å². The number of alkyl halides is 5. The van der Waals surface area contributed by atoms with E-state index in [1.807, 2.05) is 0 Å². The molecule has 0 fully saturated rings. The molecule has 90 valence electrons. The van der Waals surface area contributed by atoms with Crippen LogP contribution in [0.1, 0.15) is 33.7 Å². The van der Waals surface area contributed by atoms with Gasteiger partial charge in [-0.3, -0.25) is 4.79 Å². The molecule has 1 rings (SSSR count). The van der Waals surface area contributed by atoms with Crippen LogP contribution in [0.25, 0.3) is 0 Å². The van der Waals surface area contributed by atoms with E-state index in [4.69, 9.17) is 5.26 Å². The van der Waals surface area contributed by atoms with E-state index < -0.39 is 35.1 Å². The Morgan fingerprint density at radius 3 is 2.35 bits per heavy atom. The molecule has 0 saturated heterocycles. The molecule has 0 spiro atoms. The summed E-state index contributed by atoms with van der Waals surface area (Å²) in [5, 5.41) is 8.51. The molecule has 0 atom stereocenters. The van der Waals surface area contributed by atoms with Gasteiger partial charge in [0.1, 0.15) is 17.5 Å². The fraction of sp³-hybridized carbons (Fsp3) is 0.222. The van der Waals surface area contributed by atoms with Gasteiger partial charge in [-0.25, -0.2) is 13.8 Å². The first-order chi connectivity index (χ1) is 7.81. The van der Waals surface area contributed by atoms with Crippen molar-refractivity contribution in [1.82, 2.24) is 4.98 Å². The molecule has 0 amide bonds. The molecule has 0 saturated carbocycles.